The monoisotopic (exact) mass is 255 g/mol. The van der Waals surface area contributed by atoms with E-state index in [-0.39, 0.29) is 17.9 Å². The van der Waals surface area contributed by atoms with Crippen LogP contribution in [0.1, 0.15) is 44.9 Å². The van der Waals surface area contributed by atoms with E-state index in [1.807, 2.05) is 0 Å². The summed E-state index contributed by atoms with van der Waals surface area (Å²) in [5.74, 6) is 0.372. The highest BCUT2D eigenvalue weighted by Gasteiger charge is 2.44. The molecule has 0 amide bonds. The Morgan fingerprint density at radius 3 is 2.56 bits per heavy atom. The molecule has 2 unspecified atom stereocenters. The first-order valence-electron chi connectivity index (χ1n) is 7.42. The highest BCUT2D eigenvalue weighted by atomic mass is 16.7. The molecule has 3 rings (SSSR count). The van der Waals surface area contributed by atoms with Gasteiger partial charge in [0.05, 0.1) is 19.3 Å². The molecular formula is C14H25NO3. The normalized spacial score (nSPS) is 36.5. The molecule has 2 N–H and O–H groups in total. The second-order valence-corrected chi connectivity index (χ2v) is 6.04. The van der Waals surface area contributed by atoms with Crippen LogP contribution in [0.5, 0.6) is 0 Å². The third kappa shape index (κ3) is 2.72. The van der Waals surface area contributed by atoms with Crippen molar-refractivity contribution in [3.8, 4) is 0 Å². The fourth-order valence-corrected chi connectivity index (χ4v) is 3.51. The third-order valence-electron chi connectivity index (χ3n) is 4.68. The molecule has 3 fully saturated rings. The molecule has 1 heterocycles. The molecule has 0 bridgehead atoms. The van der Waals surface area contributed by atoms with E-state index in [9.17, 15) is 0 Å². The minimum Gasteiger partial charge on any atom is -0.376 e. The van der Waals surface area contributed by atoms with Crippen molar-refractivity contribution in [3.63, 3.8) is 0 Å². The summed E-state index contributed by atoms with van der Waals surface area (Å²) in [5.41, 5.74) is 6.18. The standard InChI is InChI=1S/C14H25NO3/c15-12-5-6-14(17-7-8-18-14)9-13(12)16-10-11-3-1-2-4-11/h11-13H,1-10,15H2. The van der Waals surface area contributed by atoms with E-state index >= 15 is 0 Å². The van der Waals surface area contributed by atoms with Crippen LogP contribution in [0.25, 0.3) is 0 Å². The van der Waals surface area contributed by atoms with Crippen LogP contribution >= 0.6 is 0 Å². The van der Waals surface area contributed by atoms with Crippen LogP contribution in [0.4, 0.5) is 0 Å². The summed E-state index contributed by atoms with van der Waals surface area (Å²) in [7, 11) is 0. The molecule has 2 saturated carbocycles. The lowest BCUT2D eigenvalue weighted by Gasteiger charge is -2.39. The summed E-state index contributed by atoms with van der Waals surface area (Å²) in [6.07, 6.45) is 8.13. The van der Waals surface area contributed by atoms with Gasteiger partial charge in [-0.1, -0.05) is 12.8 Å². The summed E-state index contributed by atoms with van der Waals surface area (Å²) < 4.78 is 17.6. The number of nitrogens with two attached hydrogens (primary N) is 1. The number of hydrogen-bond acceptors (Lipinski definition) is 4. The maximum atomic E-state index is 6.18. The maximum Gasteiger partial charge on any atom is 0.171 e. The van der Waals surface area contributed by atoms with Gasteiger partial charge in [0.15, 0.2) is 5.79 Å². The molecule has 4 nitrogen and oxygen atoms in total. The van der Waals surface area contributed by atoms with Crippen molar-refractivity contribution in [1.82, 2.24) is 0 Å². The molecule has 1 aliphatic heterocycles. The Morgan fingerprint density at radius 2 is 1.83 bits per heavy atom. The smallest absolute Gasteiger partial charge is 0.171 e. The number of rotatable bonds is 3. The molecule has 4 heteroatoms. The van der Waals surface area contributed by atoms with Gasteiger partial charge >= 0.3 is 0 Å². The SMILES string of the molecule is NC1CCC2(CC1OCC1CCCC1)OCCO2. The molecule has 104 valence electrons. The molecule has 1 saturated heterocycles. The van der Waals surface area contributed by atoms with E-state index < -0.39 is 0 Å². The molecule has 1 spiro atoms. The van der Waals surface area contributed by atoms with Crippen molar-refractivity contribution >= 4 is 0 Å². The zero-order valence-electron chi connectivity index (χ0n) is 11.1. The largest absolute Gasteiger partial charge is 0.376 e. The highest BCUT2D eigenvalue weighted by molar-refractivity contribution is 4.91. The molecule has 0 aromatic carbocycles. The lowest BCUT2D eigenvalue weighted by molar-refractivity contribution is -0.206. The zero-order chi connectivity index (χ0) is 12.4. The quantitative estimate of drug-likeness (QED) is 0.835. The van der Waals surface area contributed by atoms with Gasteiger partial charge in [0, 0.05) is 25.5 Å². The molecular weight excluding hydrogens is 230 g/mol. The summed E-state index contributed by atoms with van der Waals surface area (Å²) in [6.45, 7) is 2.30. The molecule has 0 aromatic rings. The topological polar surface area (TPSA) is 53.7 Å². The number of ether oxygens (including phenoxy) is 3. The van der Waals surface area contributed by atoms with Gasteiger partial charge in [-0.05, 0) is 25.2 Å². The average molecular weight is 255 g/mol. The molecule has 2 atom stereocenters. The van der Waals surface area contributed by atoms with Crippen molar-refractivity contribution in [1.29, 1.82) is 0 Å². The molecule has 3 aliphatic rings. The molecule has 18 heavy (non-hydrogen) atoms. The summed E-state index contributed by atoms with van der Waals surface area (Å²) in [6, 6.07) is 0.143. The minimum absolute atomic E-state index is 0.109. The minimum atomic E-state index is -0.379. The van der Waals surface area contributed by atoms with Crippen molar-refractivity contribution in [3.05, 3.63) is 0 Å². The zero-order valence-corrected chi connectivity index (χ0v) is 11.1. The van der Waals surface area contributed by atoms with Crippen molar-refractivity contribution in [2.75, 3.05) is 19.8 Å². The van der Waals surface area contributed by atoms with Crippen LogP contribution in [-0.4, -0.2) is 37.8 Å². The Labute approximate surface area is 109 Å². The van der Waals surface area contributed by atoms with Gasteiger partial charge in [0.25, 0.3) is 0 Å². The Bertz CT molecular complexity index is 272. The van der Waals surface area contributed by atoms with Gasteiger partial charge in [-0.15, -0.1) is 0 Å². The van der Waals surface area contributed by atoms with E-state index in [4.69, 9.17) is 19.9 Å². The lowest BCUT2D eigenvalue weighted by Crippen LogP contribution is -2.50. The predicted molar refractivity (Wildman–Crippen MR) is 68.2 cm³/mol. The van der Waals surface area contributed by atoms with Gasteiger partial charge in [-0.25, -0.2) is 0 Å². The predicted octanol–water partition coefficient (Wildman–Crippen LogP) is 1.82. The Kier molecular flexibility index (Phi) is 3.89. The summed E-state index contributed by atoms with van der Waals surface area (Å²) in [4.78, 5) is 0. The van der Waals surface area contributed by atoms with Crippen LogP contribution in [-0.2, 0) is 14.2 Å². The van der Waals surface area contributed by atoms with Crippen molar-refractivity contribution in [2.45, 2.75) is 62.9 Å². The third-order valence-corrected chi connectivity index (χ3v) is 4.68. The van der Waals surface area contributed by atoms with Gasteiger partial charge in [-0.3, -0.25) is 0 Å². The maximum absolute atomic E-state index is 6.18. The van der Waals surface area contributed by atoms with Crippen molar-refractivity contribution < 1.29 is 14.2 Å². The van der Waals surface area contributed by atoms with Gasteiger partial charge in [0.1, 0.15) is 0 Å². The fourth-order valence-electron chi connectivity index (χ4n) is 3.51. The van der Waals surface area contributed by atoms with E-state index in [1.165, 1.54) is 25.7 Å². The highest BCUT2D eigenvalue weighted by Crippen LogP contribution is 2.37. The number of hydrogen-bond donors (Lipinski definition) is 1. The van der Waals surface area contributed by atoms with E-state index in [1.54, 1.807) is 0 Å². The Morgan fingerprint density at radius 1 is 1.11 bits per heavy atom. The fraction of sp³-hybridized carbons (Fsp3) is 1.00. The summed E-state index contributed by atoms with van der Waals surface area (Å²) >= 11 is 0. The molecule has 0 aromatic heterocycles. The lowest BCUT2D eigenvalue weighted by atomic mass is 9.88. The first-order valence-corrected chi connectivity index (χ1v) is 7.42. The average Bonchev–Trinajstić information content (AvgIpc) is 3.03. The van der Waals surface area contributed by atoms with Crippen LogP contribution in [0.15, 0.2) is 0 Å². The van der Waals surface area contributed by atoms with Crippen molar-refractivity contribution in [2.24, 2.45) is 11.7 Å². The Balaban J connectivity index is 1.52. The van der Waals surface area contributed by atoms with Gasteiger partial charge in [0.2, 0.25) is 0 Å². The molecule has 0 radical (unpaired) electrons. The first kappa shape index (κ1) is 12.9. The van der Waals surface area contributed by atoms with Crippen LogP contribution in [0, 0.1) is 5.92 Å². The summed E-state index contributed by atoms with van der Waals surface area (Å²) in [5, 5.41) is 0. The van der Waals surface area contributed by atoms with E-state index in [0.29, 0.717) is 13.2 Å². The van der Waals surface area contributed by atoms with Crippen LogP contribution in [0.2, 0.25) is 0 Å². The van der Waals surface area contributed by atoms with Crippen LogP contribution in [0.3, 0.4) is 0 Å². The van der Waals surface area contributed by atoms with Crippen LogP contribution < -0.4 is 5.73 Å². The second kappa shape index (κ2) is 5.45. The van der Waals surface area contributed by atoms with Gasteiger partial charge < -0.3 is 19.9 Å². The molecule has 2 aliphatic carbocycles. The second-order valence-electron chi connectivity index (χ2n) is 6.04. The van der Waals surface area contributed by atoms with E-state index in [2.05, 4.69) is 0 Å². The first-order chi connectivity index (χ1) is 8.77. The van der Waals surface area contributed by atoms with E-state index in [0.717, 1.165) is 31.8 Å². The Hall–Kier alpha value is -0.160. The van der Waals surface area contributed by atoms with Gasteiger partial charge in [-0.2, -0.15) is 0 Å².